The van der Waals surface area contributed by atoms with Crippen LogP contribution in [0.15, 0.2) is 53.6 Å². The van der Waals surface area contributed by atoms with Crippen LogP contribution in [0, 0.1) is 22.0 Å². The molecule has 0 aliphatic heterocycles. The SMILES string of the molecule is CC(C)[C@H](CC(=O)CN=[N+]=[N-])C(=O)N[C@@H](CCCCC(N)=O)C(=O)Nc1ccc(COC(=O)Oc2ccc([N+](=O)[O-])cc2)cc1. The molecule has 0 spiro atoms. The van der Waals surface area contributed by atoms with Crippen molar-refractivity contribution in [2.75, 3.05) is 11.9 Å². The highest BCUT2D eigenvalue weighted by Crippen LogP contribution is 2.20. The van der Waals surface area contributed by atoms with Crippen LogP contribution in [-0.4, -0.2) is 47.2 Å². The molecule has 0 aliphatic carbocycles. The summed E-state index contributed by atoms with van der Waals surface area (Å²) in [5, 5.41) is 19.4. The number of nitro benzene ring substituents is 1. The normalized spacial score (nSPS) is 11.8. The van der Waals surface area contributed by atoms with E-state index >= 15 is 0 Å². The van der Waals surface area contributed by atoms with Crippen molar-refractivity contribution in [1.29, 1.82) is 0 Å². The molecule has 0 aliphatic rings. The van der Waals surface area contributed by atoms with E-state index in [2.05, 4.69) is 20.7 Å². The van der Waals surface area contributed by atoms with Gasteiger partial charge in [0.2, 0.25) is 17.7 Å². The van der Waals surface area contributed by atoms with Crippen molar-refractivity contribution >= 4 is 41.0 Å². The Balaban J connectivity index is 2.00. The summed E-state index contributed by atoms with van der Waals surface area (Å²) in [4.78, 5) is 74.3. The van der Waals surface area contributed by atoms with E-state index < -0.39 is 46.5 Å². The minimum absolute atomic E-state index is 0.0689. The largest absolute Gasteiger partial charge is 0.514 e. The molecule has 0 bridgehead atoms. The van der Waals surface area contributed by atoms with Crippen LogP contribution >= 0.6 is 0 Å². The summed E-state index contributed by atoms with van der Waals surface area (Å²) in [6.45, 7) is 2.97. The first-order valence-corrected chi connectivity index (χ1v) is 14.0. The fourth-order valence-corrected chi connectivity index (χ4v) is 4.06. The van der Waals surface area contributed by atoms with Gasteiger partial charge in [0, 0.05) is 41.5 Å². The zero-order valence-corrected chi connectivity index (χ0v) is 24.8. The number of ketones is 1. The van der Waals surface area contributed by atoms with Crippen LogP contribution in [0.25, 0.3) is 10.4 Å². The smallest absolute Gasteiger partial charge is 0.429 e. The Morgan fingerprint density at radius 3 is 2.27 bits per heavy atom. The van der Waals surface area contributed by atoms with Crippen molar-refractivity contribution in [2.45, 2.75) is 58.6 Å². The van der Waals surface area contributed by atoms with Crippen LogP contribution in [0.3, 0.4) is 0 Å². The van der Waals surface area contributed by atoms with E-state index in [-0.39, 0.29) is 49.8 Å². The number of nitrogens with two attached hydrogens (primary N) is 1. The molecule has 0 radical (unpaired) electrons. The Kier molecular flexibility index (Phi) is 14.5. The predicted octanol–water partition coefficient (Wildman–Crippen LogP) is 4.32. The summed E-state index contributed by atoms with van der Waals surface area (Å²) in [6.07, 6.45) is -0.0374. The molecule has 2 rings (SSSR count). The van der Waals surface area contributed by atoms with Gasteiger partial charge in [0.1, 0.15) is 24.2 Å². The quantitative estimate of drug-likeness (QED) is 0.0311. The van der Waals surface area contributed by atoms with Crippen LogP contribution in [0.4, 0.5) is 16.2 Å². The summed E-state index contributed by atoms with van der Waals surface area (Å²) in [5.41, 5.74) is 14.4. The zero-order valence-electron chi connectivity index (χ0n) is 24.8. The van der Waals surface area contributed by atoms with E-state index in [1.807, 2.05) is 0 Å². The first-order valence-electron chi connectivity index (χ1n) is 14.0. The van der Waals surface area contributed by atoms with E-state index in [1.165, 1.54) is 24.3 Å². The third kappa shape index (κ3) is 13.1. The first-order chi connectivity index (χ1) is 21.4. The number of carbonyl (C=O) groups excluding carboxylic acids is 5. The molecule has 0 fully saturated rings. The standard InChI is InChI=1S/C29H35N7O9/c1-18(2)24(15-22(37)16-32-35-31)27(39)34-25(5-3-4-6-26(30)38)28(40)33-20-9-7-19(8-10-20)17-44-29(41)45-23-13-11-21(12-14-23)36(42)43/h7-14,18,24-25H,3-6,15-17H2,1-2H3,(H2,30,38)(H,33,40)(H,34,39)/t24-,25-/m0/s1. The van der Waals surface area contributed by atoms with Gasteiger partial charge in [-0.05, 0) is 54.1 Å². The lowest BCUT2D eigenvalue weighted by Gasteiger charge is -2.24. The average molecular weight is 626 g/mol. The number of non-ortho nitro benzene ring substituents is 1. The summed E-state index contributed by atoms with van der Waals surface area (Å²) >= 11 is 0. The molecule has 16 heteroatoms. The van der Waals surface area contributed by atoms with Gasteiger partial charge in [0.15, 0.2) is 0 Å². The fourth-order valence-electron chi connectivity index (χ4n) is 4.06. The van der Waals surface area contributed by atoms with E-state index in [0.717, 1.165) is 0 Å². The van der Waals surface area contributed by atoms with Crippen molar-refractivity contribution in [3.8, 4) is 5.75 Å². The molecule has 2 aromatic carbocycles. The number of unbranched alkanes of at least 4 members (excludes halogenated alkanes) is 1. The second-order valence-corrected chi connectivity index (χ2v) is 10.3. The first kappa shape index (κ1) is 35.7. The molecule has 0 aromatic heterocycles. The topological polar surface area (TPSA) is 246 Å². The number of carbonyl (C=O) groups is 5. The van der Waals surface area contributed by atoms with E-state index in [1.54, 1.807) is 38.1 Å². The lowest BCUT2D eigenvalue weighted by molar-refractivity contribution is -0.384. The number of azide groups is 1. The molecular formula is C29H35N7O9. The number of rotatable bonds is 18. The number of hydrogen-bond donors (Lipinski definition) is 3. The fraction of sp³-hybridized carbons (Fsp3) is 0.414. The van der Waals surface area contributed by atoms with Gasteiger partial charge < -0.3 is 25.8 Å². The zero-order chi connectivity index (χ0) is 33.4. The molecular weight excluding hydrogens is 590 g/mol. The molecule has 0 unspecified atom stereocenters. The van der Waals surface area contributed by atoms with Crippen molar-refractivity contribution in [1.82, 2.24) is 5.32 Å². The molecule has 16 nitrogen and oxygen atoms in total. The number of ether oxygens (including phenoxy) is 2. The van der Waals surface area contributed by atoms with Crippen LogP contribution in [-0.2, 0) is 30.5 Å². The number of nitro groups is 1. The second-order valence-electron chi connectivity index (χ2n) is 10.3. The van der Waals surface area contributed by atoms with Crippen molar-refractivity contribution in [3.63, 3.8) is 0 Å². The van der Waals surface area contributed by atoms with Crippen LogP contribution in [0.1, 0.15) is 51.5 Å². The van der Waals surface area contributed by atoms with Crippen LogP contribution in [0.5, 0.6) is 5.75 Å². The number of amides is 3. The number of nitrogens with one attached hydrogen (secondary N) is 2. The predicted molar refractivity (Wildman–Crippen MR) is 161 cm³/mol. The number of primary amides is 1. The van der Waals surface area contributed by atoms with Crippen LogP contribution < -0.4 is 21.1 Å². The maximum absolute atomic E-state index is 13.2. The number of anilines is 1. The summed E-state index contributed by atoms with van der Waals surface area (Å²) in [6, 6.07) is 10.2. The number of hydrogen-bond acceptors (Lipinski definition) is 10. The summed E-state index contributed by atoms with van der Waals surface area (Å²) < 4.78 is 10.1. The summed E-state index contributed by atoms with van der Waals surface area (Å²) in [7, 11) is 0. The Morgan fingerprint density at radius 1 is 1.02 bits per heavy atom. The van der Waals surface area contributed by atoms with Crippen molar-refractivity contribution in [3.05, 3.63) is 74.7 Å². The Hall–Kier alpha value is -5.50. The molecule has 0 saturated carbocycles. The maximum atomic E-state index is 13.2. The Labute approximate surface area is 258 Å². The number of nitrogens with zero attached hydrogens (tertiary/aromatic N) is 4. The molecule has 3 amide bonds. The van der Waals surface area contributed by atoms with Gasteiger partial charge >= 0.3 is 6.16 Å². The molecule has 240 valence electrons. The minimum Gasteiger partial charge on any atom is -0.429 e. The second kappa shape index (κ2) is 18.2. The molecule has 2 atom stereocenters. The van der Waals surface area contributed by atoms with Gasteiger partial charge in [-0.1, -0.05) is 37.5 Å². The van der Waals surface area contributed by atoms with E-state index in [0.29, 0.717) is 24.1 Å². The molecule has 0 heterocycles. The summed E-state index contributed by atoms with van der Waals surface area (Å²) in [5.74, 6) is -2.88. The number of benzene rings is 2. The minimum atomic E-state index is -1.02. The molecule has 4 N–H and O–H groups in total. The third-order valence-corrected chi connectivity index (χ3v) is 6.53. The van der Waals surface area contributed by atoms with Crippen molar-refractivity contribution < 1.29 is 38.4 Å². The highest BCUT2D eigenvalue weighted by molar-refractivity contribution is 5.98. The maximum Gasteiger partial charge on any atom is 0.514 e. The van der Waals surface area contributed by atoms with Gasteiger partial charge in [0.05, 0.1) is 11.5 Å². The van der Waals surface area contributed by atoms with E-state index in [4.69, 9.17) is 20.7 Å². The monoisotopic (exact) mass is 625 g/mol. The van der Waals surface area contributed by atoms with Gasteiger partial charge in [0.25, 0.3) is 5.69 Å². The van der Waals surface area contributed by atoms with Crippen molar-refractivity contribution in [2.24, 2.45) is 22.7 Å². The van der Waals surface area contributed by atoms with Gasteiger partial charge in [-0.3, -0.25) is 29.3 Å². The van der Waals surface area contributed by atoms with Gasteiger partial charge in [-0.2, -0.15) is 0 Å². The molecule has 0 saturated heterocycles. The highest BCUT2D eigenvalue weighted by Gasteiger charge is 2.29. The third-order valence-electron chi connectivity index (χ3n) is 6.53. The van der Waals surface area contributed by atoms with E-state index in [9.17, 15) is 34.1 Å². The van der Waals surface area contributed by atoms with Gasteiger partial charge in [-0.15, -0.1) is 0 Å². The molecule has 2 aromatic rings. The number of Topliss-reactive ketones (excluding diaryl/α,β-unsaturated/α-hetero) is 1. The average Bonchev–Trinajstić information content (AvgIpc) is 2.99. The molecule has 45 heavy (non-hydrogen) atoms. The Morgan fingerprint density at radius 2 is 1.69 bits per heavy atom. The Bertz CT molecular complexity index is 1410. The lowest BCUT2D eigenvalue weighted by Crippen LogP contribution is -2.47. The lowest BCUT2D eigenvalue weighted by atomic mass is 9.89. The highest BCUT2D eigenvalue weighted by atomic mass is 16.7. The van der Waals surface area contributed by atoms with Gasteiger partial charge in [-0.25, -0.2) is 4.79 Å². The van der Waals surface area contributed by atoms with Crippen LogP contribution in [0.2, 0.25) is 0 Å².